The van der Waals surface area contributed by atoms with Crippen LogP contribution in [-0.2, 0) is 10.0 Å². The molecule has 0 radical (unpaired) electrons. The van der Waals surface area contributed by atoms with Crippen molar-refractivity contribution in [2.45, 2.75) is 81.3 Å². The molecule has 0 atom stereocenters. The Morgan fingerprint density at radius 2 is 1.80 bits per heavy atom. The Kier molecular flexibility index (Phi) is 9.48. The summed E-state index contributed by atoms with van der Waals surface area (Å²) in [5.74, 6) is 2.06. The molecule has 1 saturated heterocycles. The maximum atomic E-state index is 12.7. The van der Waals surface area contributed by atoms with Gasteiger partial charge in [0.25, 0.3) is 10.0 Å². The number of aromatic nitrogens is 6. The van der Waals surface area contributed by atoms with E-state index in [2.05, 4.69) is 35.6 Å². The molecule has 5 heterocycles. The first-order valence-corrected chi connectivity index (χ1v) is 18.5. The van der Waals surface area contributed by atoms with E-state index < -0.39 is 15.6 Å². The quantitative estimate of drug-likeness (QED) is 0.187. The summed E-state index contributed by atoms with van der Waals surface area (Å²) in [5, 5.41) is 21.1. The van der Waals surface area contributed by atoms with Crippen LogP contribution in [0.4, 0.5) is 21.7 Å². The number of likely N-dealkylation sites (tertiary alicyclic amines) is 1. The highest BCUT2D eigenvalue weighted by Gasteiger charge is 2.38. The third-order valence-corrected chi connectivity index (χ3v) is 11.5. The van der Waals surface area contributed by atoms with Gasteiger partial charge in [-0.05, 0) is 76.5 Å². The molecule has 260 valence electrons. The van der Waals surface area contributed by atoms with Gasteiger partial charge in [0.2, 0.25) is 0 Å². The molecule has 3 fully saturated rings. The van der Waals surface area contributed by atoms with Gasteiger partial charge < -0.3 is 25.4 Å². The summed E-state index contributed by atoms with van der Waals surface area (Å²) in [6, 6.07) is 7.64. The molecule has 0 aromatic carbocycles. The highest BCUT2D eigenvalue weighted by Crippen LogP contribution is 2.35. The van der Waals surface area contributed by atoms with E-state index in [1.54, 1.807) is 24.7 Å². The first kappa shape index (κ1) is 33.3. The van der Waals surface area contributed by atoms with Crippen LogP contribution in [0.2, 0.25) is 0 Å². The lowest BCUT2D eigenvalue weighted by atomic mass is 9.83. The molecule has 0 spiro atoms. The van der Waals surface area contributed by atoms with Crippen LogP contribution >= 0.6 is 0 Å². The second-order valence-electron chi connectivity index (χ2n) is 13.5. The molecule has 4 aromatic heterocycles. The Balaban J connectivity index is 1.09. The van der Waals surface area contributed by atoms with Crippen molar-refractivity contribution < 1.29 is 22.7 Å². The van der Waals surface area contributed by atoms with Crippen molar-refractivity contribution in [1.82, 2.24) is 34.0 Å². The largest absolute Gasteiger partial charge is 0.489 e. The summed E-state index contributed by atoms with van der Waals surface area (Å²) < 4.78 is 45.1. The molecule has 49 heavy (non-hydrogen) atoms. The average molecular weight is 692 g/mol. The van der Waals surface area contributed by atoms with E-state index in [4.69, 9.17) is 9.72 Å². The molecule has 0 unspecified atom stereocenters. The van der Waals surface area contributed by atoms with Crippen LogP contribution in [0.3, 0.4) is 0 Å². The van der Waals surface area contributed by atoms with Crippen LogP contribution in [0.15, 0.2) is 55.2 Å². The topological polar surface area (TPSA) is 160 Å². The van der Waals surface area contributed by atoms with Crippen LogP contribution in [-0.4, -0.2) is 96.9 Å². The number of alkyl halides is 1. The summed E-state index contributed by atoms with van der Waals surface area (Å²) in [6.45, 7) is 3.68. The van der Waals surface area contributed by atoms with Gasteiger partial charge >= 0.3 is 0 Å². The lowest BCUT2D eigenvalue weighted by Crippen LogP contribution is -2.39. The Morgan fingerprint density at radius 1 is 1.00 bits per heavy atom. The molecule has 0 bridgehead atoms. The molecule has 2 aliphatic carbocycles. The fourth-order valence-electron chi connectivity index (χ4n) is 6.40. The van der Waals surface area contributed by atoms with E-state index in [-0.39, 0.29) is 24.1 Å². The van der Waals surface area contributed by atoms with Crippen molar-refractivity contribution in [2.24, 2.45) is 0 Å². The highest BCUT2D eigenvalue weighted by atomic mass is 32.2. The molecule has 3 N–H and O–H groups in total. The van der Waals surface area contributed by atoms with Crippen LogP contribution in [0.25, 0.3) is 22.6 Å². The number of hydrogen-bond acceptors (Lipinski definition) is 12. The molecule has 4 aromatic rings. The monoisotopic (exact) mass is 691 g/mol. The van der Waals surface area contributed by atoms with E-state index in [1.807, 2.05) is 25.1 Å². The third kappa shape index (κ3) is 8.00. The lowest BCUT2D eigenvalue weighted by Gasteiger charge is -2.34. The van der Waals surface area contributed by atoms with Gasteiger partial charge in [-0.2, -0.15) is 9.19 Å². The first-order chi connectivity index (χ1) is 23.6. The summed E-state index contributed by atoms with van der Waals surface area (Å²) in [6.07, 6.45) is 14.1. The molecule has 1 aliphatic heterocycles. The van der Waals surface area contributed by atoms with Gasteiger partial charge in [0.05, 0.1) is 40.7 Å². The van der Waals surface area contributed by atoms with Crippen LogP contribution in [0.1, 0.15) is 58.3 Å². The Labute approximate surface area is 285 Å². The van der Waals surface area contributed by atoms with Gasteiger partial charge in [-0.25, -0.2) is 27.8 Å². The van der Waals surface area contributed by atoms with Gasteiger partial charge in [-0.1, -0.05) is 0 Å². The van der Waals surface area contributed by atoms with Gasteiger partial charge in [0.1, 0.15) is 30.2 Å². The smallest absolute Gasteiger partial charge is 0.256 e. The molecule has 3 aliphatic rings. The molecule has 15 heteroatoms. The number of halogens is 1. The van der Waals surface area contributed by atoms with Gasteiger partial charge in [-0.3, -0.25) is 4.98 Å². The number of aliphatic hydroxyl groups is 1. The second kappa shape index (κ2) is 14.0. The number of ether oxygens (including phenoxy) is 1. The van der Waals surface area contributed by atoms with Crippen molar-refractivity contribution >= 4 is 27.3 Å². The number of anilines is 3. The zero-order valence-electron chi connectivity index (χ0n) is 27.5. The maximum absolute atomic E-state index is 12.7. The Hall–Kier alpha value is -4.21. The minimum atomic E-state index is -3.50. The molecular weight excluding hydrogens is 649 g/mol. The normalized spacial score (nSPS) is 22.1. The van der Waals surface area contributed by atoms with Gasteiger partial charge in [0, 0.05) is 55.4 Å². The Morgan fingerprint density at radius 3 is 2.51 bits per heavy atom. The Bertz CT molecular complexity index is 1850. The van der Waals surface area contributed by atoms with Gasteiger partial charge in [-0.15, -0.1) is 0 Å². The second-order valence-corrected chi connectivity index (χ2v) is 15.6. The van der Waals surface area contributed by atoms with E-state index in [0.29, 0.717) is 61.0 Å². The summed E-state index contributed by atoms with van der Waals surface area (Å²) in [5.41, 5.74) is 2.23. The maximum Gasteiger partial charge on any atom is 0.256 e. The molecule has 0 amide bonds. The van der Waals surface area contributed by atoms with E-state index >= 15 is 0 Å². The fourth-order valence-corrected chi connectivity index (χ4v) is 7.88. The zero-order valence-corrected chi connectivity index (χ0v) is 28.3. The number of piperidine rings is 1. The molecular formula is C34H42FN9O4S. The minimum absolute atomic E-state index is 0.0746. The molecule has 13 nitrogen and oxygen atoms in total. The minimum Gasteiger partial charge on any atom is -0.489 e. The molecule has 7 rings (SSSR count). The SMILES string of the molecule is CC1(O)CCC(Nc2cc(Nc3ccnc(-c4cnn(S(=O)(=O)C5CC5)c4)n3)ncc2-c2ccc(OC3CCN(CCF)CC3)cn2)CC1. The van der Waals surface area contributed by atoms with E-state index in [1.165, 1.54) is 12.4 Å². The van der Waals surface area contributed by atoms with Crippen molar-refractivity contribution in [2.75, 3.05) is 36.9 Å². The average Bonchev–Trinajstić information content (AvgIpc) is 3.84. The van der Waals surface area contributed by atoms with Crippen LogP contribution < -0.4 is 15.4 Å². The summed E-state index contributed by atoms with van der Waals surface area (Å²) in [4.78, 5) is 20.5. The van der Waals surface area contributed by atoms with Crippen molar-refractivity contribution in [3.63, 3.8) is 0 Å². The van der Waals surface area contributed by atoms with Crippen molar-refractivity contribution in [3.8, 4) is 28.4 Å². The third-order valence-electron chi connectivity index (χ3n) is 9.51. The lowest BCUT2D eigenvalue weighted by molar-refractivity contribution is 0.0196. The van der Waals surface area contributed by atoms with Crippen LogP contribution in [0, 0.1) is 0 Å². The number of rotatable bonds is 12. The highest BCUT2D eigenvalue weighted by molar-refractivity contribution is 7.90. The molecule has 2 saturated carbocycles. The fraction of sp³-hybridized carbons (Fsp3) is 0.500. The van der Waals surface area contributed by atoms with Crippen molar-refractivity contribution in [1.29, 1.82) is 0 Å². The predicted octanol–water partition coefficient (Wildman–Crippen LogP) is 4.80. The predicted molar refractivity (Wildman–Crippen MR) is 184 cm³/mol. The van der Waals surface area contributed by atoms with Gasteiger partial charge in [0.15, 0.2) is 5.82 Å². The van der Waals surface area contributed by atoms with E-state index in [0.717, 1.165) is 59.8 Å². The van der Waals surface area contributed by atoms with E-state index in [9.17, 15) is 17.9 Å². The van der Waals surface area contributed by atoms with Crippen LogP contribution in [0.5, 0.6) is 5.75 Å². The summed E-state index contributed by atoms with van der Waals surface area (Å²) >= 11 is 0. The number of hydrogen-bond donors (Lipinski definition) is 3. The number of nitrogens with one attached hydrogen (secondary N) is 2. The first-order valence-electron chi connectivity index (χ1n) is 17.0. The number of pyridine rings is 2. The summed E-state index contributed by atoms with van der Waals surface area (Å²) in [7, 11) is -3.50. The number of nitrogens with zero attached hydrogens (tertiary/aromatic N) is 7. The van der Waals surface area contributed by atoms with Crippen molar-refractivity contribution in [3.05, 3.63) is 55.2 Å². The zero-order chi connectivity index (χ0) is 34.0. The standard InChI is InChI=1S/C34H42FN9O4S/c1-34(45)11-6-24(7-12-34)40-30-18-32(41-31-8-14-36-33(42-31)23-19-39-44(22-23)49(46,47)27-3-4-27)38-21-28(30)29-5-2-26(20-37-29)48-25-9-15-43(16-10-25)17-13-35/h2,5,8,14,18-22,24-25,27,45H,3-4,6-7,9-13,15-17H2,1H3,(H2,36,38,40,41,42).